The number of aromatic nitrogens is 1. The second kappa shape index (κ2) is 9.65. The van der Waals surface area contributed by atoms with Crippen LogP contribution in [0.2, 0.25) is 0 Å². The highest BCUT2D eigenvalue weighted by Gasteiger charge is 2.41. The molecule has 2 heterocycles. The third-order valence-electron chi connectivity index (χ3n) is 5.30. The van der Waals surface area contributed by atoms with E-state index in [2.05, 4.69) is 17.1 Å². The molecule has 168 valence electrons. The van der Waals surface area contributed by atoms with Crippen LogP contribution in [0.1, 0.15) is 24.5 Å². The lowest BCUT2D eigenvalue weighted by molar-refractivity contribution is -0.410. The van der Waals surface area contributed by atoms with E-state index in [1.165, 1.54) is 0 Å². The molecule has 3 aromatic rings. The molecule has 34 heavy (non-hydrogen) atoms. The van der Waals surface area contributed by atoms with E-state index in [1.807, 2.05) is 13.0 Å². The minimum atomic E-state index is -0.752. The van der Waals surface area contributed by atoms with Gasteiger partial charge in [0.2, 0.25) is 11.8 Å². The zero-order chi connectivity index (χ0) is 24.2. The van der Waals surface area contributed by atoms with Gasteiger partial charge < -0.3 is 4.74 Å². The van der Waals surface area contributed by atoms with E-state index in [1.54, 1.807) is 48.5 Å². The molecule has 2 amide bonds. The van der Waals surface area contributed by atoms with Crippen molar-refractivity contribution in [1.82, 2.24) is 0 Å². The van der Waals surface area contributed by atoms with Crippen LogP contribution in [0.5, 0.6) is 5.75 Å². The second-order valence-electron chi connectivity index (χ2n) is 7.39. The number of hydrogen-bond acceptors (Lipinski definition) is 7. The number of rotatable bonds is 6. The summed E-state index contributed by atoms with van der Waals surface area (Å²) < 4.78 is 5.42. The van der Waals surface area contributed by atoms with Gasteiger partial charge in [-0.05, 0) is 36.8 Å². The Kier molecular flexibility index (Phi) is 6.48. The van der Waals surface area contributed by atoms with Crippen LogP contribution in [0.4, 0.5) is 11.5 Å². The summed E-state index contributed by atoms with van der Waals surface area (Å²) >= 11 is 1.06. The van der Waals surface area contributed by atoms with Crippen molar-refractivity contribution >= 4 is 35.1 Å². The minimum absolute atomic E-state index is 0.0317. The topological polar surface area (TPSA) is 134 Å². The van der Waals surface area contributed by atoms with Gasteiger partial charge in [-0.2, -0.15) is 10.5 Å². The summed E-state index contributed by atoms with van der Waals surface area (Å²) in [6, 6.07) is 19.9. The van der Waals surface area contributed by atoms with Crippen molar-refractivity contribution in [2.24, 2.45) is 0 Å². The summed E-state index contributed by atoms with van der Waals surface area (Å²) in [7, 11) is 0. The summed E-state index contributed by atoms with van der Waals surface area (Å²) in [6.07, 6.45) is -0.0317. The number of carbonyl (C=O) groups excluding carboxylic acids is 2. The Morgan fingerprint density at radius 3 is 2.38 bits per heavy atom. The SMILES string of the molecule is CCOc1ccc(N2C(=O)C[C@@H](Sc3[nH+]c(N)c(C#N)c(-c4ccccc4)c3C#N)C2=O)cc1. The molecule has 9 heteroatoms. The fourth-order valence-corrected chi connectivity index (χ4v) is 4.94. The lowest BCUT2D eigenvalue weighted by Crippen LogP contribution is -2.31. The number of nitrogens with one attached hydrogen (secondary N) is 1. The zero-order valence-electron chi connectivity index (χ0n) is 18.2. The van der Waals surface area contributed by atoms with E-state index in [0.29, 0.717) is 34.2 Å². The lowest BCUT2D eigenvalue weighted by atomic mass is 9.97. The Hall–Kier alpha value is -4.34. The predicted octanol–water partition coefficient (Wildman–Crippen LogP) is 3.32. The normalized spacial score (nSPS) is 15.1. The van der Waals surface area contributed by atoms with E-state index in [4.69, 9.17) is 10.5 Å². The van der Waals surface area contributed by atoms with Crippen LogP contribution in [-0.4, -0.2) is 23.7 Å². The number of amides is 2. The summed E-state index contributed by atoms with van der Waals surface area (Å²) in [5.41, 5.74) is 7.96. The zero-order valence-corrected chi connectivity index (χ0v) is 19.1. The molecule has 1 fully saturated rings. The van der Waals surface area contributed by atoms with Crippen LogP contribution in [0.3, 0.4) is 0 Å². The molecule has 4 rings (SSSR count). The quantitative estimate of drug-likeness (QED) is 0.546. The van der Waals surface area contributed by atoms with Crippen molar-refractivity contribution in [2.75, 3.05) is 17.2 Å². The Balaban J connectivity index is 1.69. The highest BCUT2D eigenvalue weighted by molar-refractivity contribution is 8.00. The molecule has 1 atom stereocenters. The molecule has 8 nitrogen and oxygen atoms in total. The van der Waals surface area contributed by atoms with Crippen molar-refractivity contribution in [1.29, 1.82) is 10.5 Å². The highest BCUT2D eigenvalue weighted by Crippen LogP contribution is 2.38. The van der Waals surface area contributed by atoms with Gasteiger partial charge in [0.1, 0.15) is 34.3 Å². The van der Waals surface area contributed by atoms with E-state index in [0.717, 1.165) is 16.7 Å². The monoisotopic (exact) mass is 470 g/mol. The third kappa shape index (κ3) is 4.17. The van der Waals surface area contributed by atoms with Crippen molar-refractivity contribution in [3.05, 3.63) is 65.7 Å². The smallest absolute Gasteiger partial charge is 0.289 e. The largest absolute Gasteiger partial charge is 0.494 e. The van der Waals surface area contributed by atoms with Gasteiger partial charge in [-0.3, -0.25) is 15.3 Å². The third-order valence-corrected chi connectivity index (χ3v) is 6.50. The number of carbonyl (C=O) groups is 2. The number of nitriles is 2. The Labute approximate surface area is 200 Å². The molecule has 1 aliphatic rings. The van der Waals surface area contributed by atoms with Crippen molar-refractivity contribution in [2.45, 2.75) is 23.6 Å². The molecule has 0 unspecified atom stereocenters. The molecular weight excluding hydrogens is 450 g/mol. The first-order valence-corrected chi connectivity index (χ1v) is 11.4. The summed E-state index contributed by atoms with van der Waals surface area (Å²) in [6.45, 7) is 2.38. The Morgan fingerprint density at radius 1 is 1.09 bits per heavy atom. The average Bonchev–Trinajstić information content (AvgIpc) is 3.12. The molecule has 0 saturated carbocycles. The highest BCUT2D eigenvalue weighted by atomic mass is 32.2. The number of aromatic amines is 1. The maximum absolute atomic E-state index is 13.2. The second-order valence-corrected chi connectivity index (χ2v) is 8.60. The van der Waals surface area contributed by atoms with Gasteiger partial charge in [-0.15, -0.1) is 0 Å². The summed E-state index contributed by atoms with van der Waals surface area (Å²) in [5, 5.41) is 19.2. The number of nitrogens with zero attached hydrogens (tertiary/aromatic N) is 3. The number of H-pyrrole nitrogens is 1. The van der Waals surface area contributed by atoms with Crippen molar-refractivity contribution in [3.8, 4) is 29.0 Å². The number of nitrogen functional groups attached to an aromatic ring is 1. The standard InChI is InChI=1S/C25H19N5O3S/c1-2-33-17-10-8-16(9-11-17)30-21(31)12-20(25(30)32)34-24-19(14-27)22(15-6-4-3-5-7-15)18(13-26)23(28)29-24/h3-11,20H,2,12H2,1H3,(H2,28,29)/p+1/t20-/m1/s1. The van der Waals surface area contributed by atoms with Gasteiger partial charge in [-0.1, -0.05) is 42.1 Å². The number of benzene rings is 2. The number of ether oxygens (including phenoxy) is 1. The van der Waals surface area contributed by atoms with Gasteiger partial charge in [0.05, 0.1) is 12.3 Å². The van der Waals surface area contributed by atoms with E-state index >= 15 is 0 Å². The maximum atomic E-state index is 13.2. The minimum Gasteiger partial charge on any atom is -0.494 e. The van der Waals surface area contributed by atoms with Crippen LogP contribution in [0, 0.1) is 22.7 Å². The first kappa shape index (κ1) is 22.8. The van der Waals surface area contributed by atoms with Gasteiger partial charge >= 0.3 is 0 Å². The number of hydrogen-bond donors (Lipinski definition) is 1. The Bertz CT molecular complexity index is 1340. The van der Waals surface area contributed by atoms with Gasteiger partial charge in [-0.25, -0.2) is 9.88 Å². The molecule has 1 aromatic heterocycles. The van der Waals surface area contributed by atoms with E-state index in [-0.39, 0.29) is 35.2 Å². The van der Waals surface area contributed by atoms with Crippen molar-refractivity contribution < 1.29 is 19.3 Å². The molecule has 0 radical (unpaired) electrons. The Morgan fingerprint density at radius 2 is 1.76 bits per heavy atom. The number of imide groups is 1. The molecule has 0 aliphatic carbocycles. The number of pyridine rings is 1. The molecule has 1 aliphatic heterocycles. The van der Waals surface area contributed by atoms with Gasteiger partial charge in [0.15, 0.2) is 5.03 Å². The first-order chi connectivity index (χ1) is 16.5. The van der Waals surface area contributed by atoms with Crippen molar-refractivity contribution in [3.63, 3.8) is 0 Å². The summed E-state index contributed by atoms with van der Waals surface area (Å²) in [5.74, 6) is 0.00438. The van der Waals surface area contributed by atoms with Gasteiger partial charge in [0.25, 0.3) is 5.82 Å². The summed E-state index contributed by atoms with van der Waals surface area (Å²) in [4.78, 5) is 29.9. The fraction of sp³-hybridized carbons (Fsp3) is 0.160. The van der Waals surface area contributed by atoms with Gasteiger partial charge in [0, 0.05) is 12.0 Å². The number of thioether (sulfide) groups is 1. The van der Waals surface area contributed by atoms with E-state index < -0.39 is 5.25 Å². The average molecular weight is 471 g/mol. The molecule has 2 aromatic carbocycles. The fourth-order valence-electron chi connectivity index (χ4n) is 3.79. The molecular formula is C25H20N5O3S+. The number of anilines is 2. The first-order valence-electron chi connectivity index (χ1n) is 10.5. The van der Waals surface area contributed by atoms with E-state index in [9.17, 15) is 20.1 Å². The molecule has 1 saturated heterocycles. The van der Waals surface area contributed by atoms with Crippen LogP contribution in [0.15, 0.2) is 59.6 Å². The van der Waals surface area contributed by atoms with Crippen LogP contribution in [0.25, 0.3) is 11.1 Å². The lowest BCUT2D eigenvalue weighted by Gasteiger charge is -2.16. The van der Waals surface area contributed by atoms with Crippen LogP contribution < -0.4 is 20.4 Å². The predicted molar refractivity (Wildman–Crippen MR) is 127 cm³/mol. The molecule has 0 spiro atoms. The van der Waals surface area contributed by atoms with Crippen LogP contribution in [-0.2, 0) is 9.59 Å². The maximum Gasteiger partial charge on any atom is 0.289 e. The molecule has 0 bridgehead atoms. The van der Waals surface area contributed by atoms with Crippen LogP contribution >= 0.6 is 11.8 Å². The number of nitrogens with two attached hydrogens (primary N) is 1. The molecule has 3 N–H and O–H groups in total.